The third-order valence-electron chi connectivity index (χ3n) is 5.05. The number of hydrogen-bond acceptors (Lipinski definition) is 4. The second kappa shape index (κ2) is 10.9. The van der Waals surface area contributed by atoms with Crippen LogP contribution in [0.15, 0.2) is 82.4 Å². The van der Waals surface area contributed by atoms with E-state index in [0.29, 0.717) is 37.1 Å². The van der Waals surface area contributed by atoms with Gasteiger partial charge in [-0.05, 0) is 62.6 Å². The molecule has 0 aliphatic heterocycles. The Kier molecular flexibility index (Phi) is 7.73. The first kappa shape index (κ1) is 24.1. The molecule has 0 aliphatic carbocycles. The summed E-state index contributed by atoms with van der Waals surface area (Å²) in [5.74, 6) is 0.727. The Balaban J connectivity index is 1.48. The van der Waals surface area contributed by atoms with E-state index >= 15 is 0 Å². The summed E-state index contributed by atoms with van der Waals surface area (Å²) in [7, 11) is 1.55. The SMILES string of the molecule is COc1cc(/C=N/NC(=O)c2cccc3ccccc23)cc(Br)c1OCc1ccc(Cl)cc1Cl. The van der Waals surface area contributed by atoms with Crippen LogP contribution in [0.25, 0.3) is 10.8 Å². The van der Waals surface area contributed by atoms with Gasteiger partial charge in [0.05, 0.1) is 17.8 Å². The van der Waals surface area contributed by atoms with Crippen molar-refractivity contribution in [3.05, 3.63) is 104 Å². The van der Waals surface area contributed by atoms with Crippen molar-refractivity contribution in [2.75, 3.05) is 7.11 Å². The van der Waals surface area contributed by atoms with Crippen LogP contribution in [-0.4, -0.2) is 19.2 Å². The van der Waals surface area contributed by atoms with Crippen LogP contribution in [0, 0.1) is 0 Å². The molecule has 0 spiro atoms. The van der Waals surface area contributed by atoms with E-state index in [4.69, 9.17) is 32.7 Å². The lowest BCUT2D eigenvalue weighted by Gasteiger charge is -2.14. The van der Waals surface area contributed by atoms with Crippen LogP contribution < -0.4 is 14.9 Å². The summed E-state index contributed by atoms with van der Waals surface area (Å²) in [5, 5.41) is 7.05. The highest BCUT2D eigenvalue weighted by atomic mass is 79.9. The number of carbonyl (C=O) groups excluding carboxylic acids is 1. The number of halogens is 3. The average molecular weight is 558 g/mol. The van der Waals surface area contributed by atoms with Crippen LogP contribution in [0.1, 0.15) is 21.5 Å². The predicted octanol–water partition coefficient (Wildman–Crippen LogP) is 7.26. The van der Waals surface area contributed by atoms with Crippen LogP contribution in [0.4, 0.5) is 0 Å². The van der Waals surface area contributed by atoms with Crippen molar-refractivity contribution in [2.24, 2.45) is 5.10 Å². The first-order valence-corrected chi connectivity index (χ1v) is 11.8. The maximum atomic E-state index is 12.7. The van der Waals surface area contributed by atoms with Gasteiger partial charge in [-0.2, -0.15) is 5.10 Å². The van der Waals surface area contributed by atoms with E-state index < -0.39 is 0 Å². The number of nitrogens with zero attached hydrogens (tertiary/aromatic N) is 1. The monoisotopic (exact) mass is 556 g/mol. The number of fused-ring (bicyclic) bond motifs is 1. The van der Waals surface area contributed by atoms with Gasteiger partial charge in [0, 0.05) is 21.2 Å². The molecule has 0 heterocycles. The molecule has 1 amide bonds. The molecular weight excluding hydrogens is 539 g/mol. The number of amides is 1. The van der Waals surface area contributed by atoms with E-state index in [-0.39, 0.29) is 12.5 Å². The molecule has 1 N–H and O–H groups in total. The Morgan fingerprint density at radius 2 is 1.85 bits per heavy atom. The van der Waals surface area contributed by atoms with Crippen molar-refractivity contribution >= 4 is 62.0 Å². The number of hydrazone groups is 1. The molecule has 0 unspecified atom stereocenters. The van der Waals surface area contributed by atoms with Crippen molar-refractivity contribution < 1.29 is 14.3 Å². The lowest BCUT2D eigenvalue weighted by Crippen LogP contribution is -2.17. The van der Waals surface area contributed by atoms with E-state index in [1.807, 2.05) is 48.5 Å². The number of hydrogen-bond donors (Lipinski definition) is 1. The average Bonchev–Trinajstić information content (AvgIpc) is 2.83. The fourth-order valence-corrected chi connectivity index (χ4v) is 4.43. The maximum absolute atomic E-state index is 12.7. The lowest BCUT2D eigenvalue weighted by molar-refractivity contribution is 0.0957. The van der Waals surface area contributed by atoms with Crippen molar-refractivity contribution in [2.45, 2.75) is 6.61 Å². The van der Waals surface area contributed by atoms with Gasteiger partial charge < -0.3 is 9.47 Å². The molecule has 4 rings (SSSR count). The fraction of sp³-hybridized carbons (Fsp3) is 0.0769. The predicted molar refractivity (Wildman–Crippen MR) is 140 cm³/mol. The molecular formula is C26H19BrCl2N2O3. The molecule has 0 saturated carbocycles. The van der Waals surface area contributed by atoms with Gasteiger partial charge in [-0.1, -0.05) is 65.7 Å². The van der Waals surface area contributed by atoms with Gasteiger partial charge >= 0.3 is 0 Å². The Bertz CT molecular complexity index is 1390. The molecule has 0 radical (unpaired) electrons. The van der Waals surface area contributed by atoms with Gasteiger partial charge in [-0.15, -0.1) is 0 Å². The quantitative estimate of drug-likeness (QED) is 0.192. The topological polar surface area (TPSA) is 59.9 Å². The van der Waals surface area contributed by atoms with Crippen LogP contribution in [0.5, 0.6) is 11.5 Å². The summed E-state index contributed by atoms with van der Waals surface area (Å²) >= 11 is 15.7. The van der Waals surface area contributed by atoms with Crippen LogP contribution in [0.2, 0.25) is 10.0 Å². The number of rotatable bonds is 7. The Morgan fingerprint density at radius 1 is 1.06 bits per heavy atom. The van der Waals surface area contributed by atoms with Crippen LogP contribution in [-0.2, 0) is 6.61 Å². The number of nitrogens with one attached hydrogen (secondary N) is 1. The molecule has 0 saturated heterocycles. The summed E-state index contributed by atoms with van der Waals surface area (Å²) in [6.07, 6.45) is 1.54. The molecule has 0 aromatic heterocycles. The van der Waals surface area contributed by atoms with Crippen molar-refractivity contribution in [3.63, 3.8) is 0 Å². The Labute approximate surface area is 215 Å². The van der Waals surface area contributed by atoms with Gasteiger partial charge in [-0.3, -0.25) is 4.79 Å². The molecule has 4 aromatic carbocycles. The normalized spacial score (nSPS) is 11.1. The van der Waals surface area contributed by atoms with Crippen molar-refractivity contribution in [1.82, 2.24) is 5.43 Å². The second-order valence-corrected chi connectivity index (χ2v) is 8.98. The van der Waals surface area contributed by atoms with Gasteiger partial charge in [0.25, 0.3) is 5.91 Å². The first-order chi connectivity index (χ1) is 16.5. The minimum Gasteiger partial charge on any atom is -0.493 e. The number of carbonyl (C=O) groups is 1. The Morgan fingerprint density at radius 3 is 2.65 bits per heavy atom. The molecule has 0 aliphatic rings. The fourth-order valence-electron chi connectivity index (χ4n) is 3.39. The van der Waals surface area contributed by atoms with E-state index in [0.717, 1.165) is 16.3 Å². The second-order valence-electron chi connectivity index (χ2n) is 7.28. The third-order valence-corrected chi connectivity index (χ3v) is 6.23. The van der Waals surface area contributed by atoms with Gasteiger partial charge in [0.15, 0.2) is 11.5 Å². The standard InChI is InChI=1S/C26H19BrCl2N2O3/c1-33-24-12-16(11-22(27)25(24)34-15-18-9-10-19(28)13-23(18)29)14-30-31-26(32)21-8-4-6-17-5-2-3-7-20(17)21/h2-14H,15H2,1H3,(H,31,32)/b30-14+. The molecule has 8 heteroatoms. The first-order valence-electron chi connectivity index (χ1n) is 10.2. The largest absolute Gasteiger partial charge is 0.493 e. The Hall–Kier alpha value is -3.06. The van der Waals surface area contributed by atoms with Gasteiger partial charge in [0.1, 0.15) is 6.61 Å². The molecule has 4 aromatic rings. The number of ether oxygens (including phenoxy) is 2. The van der Waals surface area contributed by atoms with Crippen LogP contribution in [0.3, 0.4) is 0 Å². The third kappa shape index (κ3) is 5.53. The minimum atomic E-state index is -0.293. The zero-order valence-corrected chi connectivity index (χ0v) is 21.1. The number of benzene rings is 4. The van der Waals surface area contributed by atoms with E-state index in [9.17, 15) is 4.79 Å². The summed E-state index contributed by atoms with van der Waals surface area (Å²) in [4.78, 5) is 12.7. The lowest BCUT2D eigenvalue weighted by atomic mass is 10.0. The summed E-state index contributed by atoms with van der Waals surface area (Å²) in [6, 6.07) is 22.1. The van der Waals surface area contributed by atoms with E-state index in [2.05, 4.69) is 26.5 Å². The summed E-state index contributed by atoms with van der Waals surface area (Å²) < 4.78 is 12.1. The minimum absolute atomic E-state index is 0.236. The van der Waals surface area contributed by atoms with Gasteiger partial charge in [-0.25, -0.2) is 5.43 Å². The van der Waals surface area contributed by atoms with Gasteiger partial charge in [0.2, 0.25) is 0 Å². The highest BCUT2D eigenvalue weighted by Crippen LogP contribution is 2.37. The molecule has 0 atom stereocenters. The van der Waals surface area contributed by atoms with Crippen LogP contribution >= 0.6 is 39.1 Å². The molecule has 5 nitrogen and oxygen atoms in total. The maximum Gasteiger partial charge on any atom is 0.271 e. The molecule has 0 fully saturated rings. The highest BCUT2D eigenvalue weighted by molar-refractivity contribution is 9.10. The van der Waals surface area contributed by atoms with Crippen molar-refractivity contribution in [3.8, 4) is 11.5 Å². The molecule has 0 bridgehead atoms. The molecule has 34 heavy (non-hydrogen) atoms. The smallest absolute Gasteiger partial charge is 0.271 e. The van der Waals surface area contributed by atoms with E-state index in [1.54, 1.807) is 31.4 Å². The summed E-state index contributed by atoms with van der Waals surface area (Å²) in [5.41, 5.74) is 4.64. The summed E-state index contributed by atoms with van der Waals surface area (Å²) in [6.45, 7) is 0.236. The number of methoxy groups -OCH3 is 1. The zero-order valence-electron chi connectivity index (χ0n) is 18.0. The van der Waals surface area contributed by atoms with E-state index in [1.165, 1.54) is 6.21 Å². The zero-order chi connectivity index (χ0) is 24.1. The highest BCUT2D eigenvalue weighted by Gasteiger charge is 2.13. The van der Waals surface area contributed by atoms with Crippen molar-refractivity contribution in [1.29, 1.82) is 0 Å². The molecule has 172 valence electrons.